The highest BCUT2D eigenvalue weighted by atomic mass is 16.5. The number of anilines is 1. The molecule has 2 amide bonds. The summed E-state index contributed by atoms with van der Waals surface area (Å²) in [6.45, 7) is 2.00. The summed E-state index contributed by atoms with van der Waals surface area (Å²) >= 11 is 0. The van der Waals surface area contributed by atoms with Crippen LogP contribution in [0.3, 0.4) is 0 Å². The third-order valence-corrected chi connectivity index (χ3v) is 4.94. The van der Waals surface area contributed by atoms with Crippen molar-refractivity contribution in [3.63, 3.8) is 0 Å². The number of aromatic nitrogens is 2. The minimum absolute atomic E-state index is 0.0857. The van der Waals surface area contributed by atoms with E-state index >= 15 is 0 Å². The molecule has 0 spiro atoms. The van der Waals surface area contributed by atoms with E-state index < -0.39 is 11.8 Å². The van der Waals surface area contributed by atoms with Crippen molar-refractivity contribution in [2.75, 3.05) is 5.32 Å². The van der Waals surface area contributed by atoms with Gasteiger partial charge in [-0.15, -0.1) is 0 Å². The number of rotatable bonds is 4. The number of carbonyl (C=O) groups is 2. The number of para-hydroxylation sites is 2. The molecule has 1 aromatic heterocycles. The summed E-state index contributed by atoms with van der Waals surface area (Å²) in [4.78, 5) is 24.8. The second-order valence-electron chi connectivity index (χ2n) is 7.15. The minimum atomic E-state index is -0.719. The first-order valence-corrected chi connectivity index (χ1v) is 9.55. The molecule has 3 aromatic rings. The first-order chi connectivity index (χ1) is 14.1. The molecule has 0 radical (unpaired) electrons. The summed E-state index contributed by atoms with van der Waals surface area (Å²) in [6, 6.07) is 14.5. The second-order valence-corrected chi connectivity index (χ2v) is 7.15. The Balaban J connectivity index is 1.39. The summed E-state index contributed by atoms with van der Waals surface area (Å²) in [6.07, 6.45) is 4.00. The SMILES string of the molecule is Cc1ccc(Oc2ccccc2NC(=O)C(=O)N[C@@H]2CCc3[nH]ncc3C2)cc1. The van der Waals surface area contributed by atoms with Crippen LogP contribution in [0.15, 0.2) is 54.7 Å². The van der Waals surface area contributed by atoms with Crippen molar-refractivity contribution in [2.24, 2.45) is 0 Å². The zero-order valence-electron chi connectivity index (χ0n) is 16.1. The van der Waals surface area contributed by atoms with Gasteiger partial charge in [0, 0.05) is 11.7 Å². The van der Waals surface area contributed by atoms with Crippen LogP contribution < -0.4 is 15.4 Å². The Labute approximate surface area is 168 Å². The number of nitrogens with one attached hydrogen (secondary N) is 3. The highest BCUT2D eigenvalue weighted by molar-refractivity contribution is 6.39. The molecule has 0 saturated heterocycles. The number of ether oxygens (including phenoxy) is 1. The van der Waals surface area contributed by atoms with Crippen LogP contribution in [0.2, 0.25) is 0 Å². The van der Waals surface area contributed by atoms with E-state index in [1.54, 1.807) is 24.4 Å². The molecule has 1 atom stereocenters. The van der Waals surface area contributed by atoms with Crippen molar-refractivity contribution in [1.29, 1.82) is 0 Å². The molecule has 0 saturated carbocycles. The standard InChI is InChI=1S/C22H22N4O3/c1-14-6-9-17(10-7-14)29-20-5-3-2-4-19(20)25-22(28)21(27)24-16-8-11-18-15(12-16)13-23-26-18/h2-7,9-10,13,16H,8,11-12H2,1H3,(H,23,26)(H,24,27)(H,25,28)/t16-/m1/s1. The maximum Gasteiger partial charge on any atom is 0.313 e. The first kappa shape index (κ1) is 18.7. The number of benzene rings is 2. The first-order valence-electron chi connectivity index (χ1n) is 9.55. The van der Waals surface area contributed by atoms with Crippen molar-refractivity contribution < 1.29 is 14.3 Å². The number of hydrogen-bond donors (Lipinski definition) is 3. The van der Waals surface area contributed by atoms with Gasteiger partial charge in [0.15, 0.2) is 5.75 Å². The molecule has 0 bridgehead atoms. The molecule has 0 unspecified atom stereocenters. The van der Waals surface area contributed by atoms with E-state index in [1.165, 1.54) is 0 Å². The average Bonchev–Trinajstić information content (AvgIpc) is 3.19. The molecular formula is C22H22N4O3. The maximum absolute atomic E-state index is 12.4. The van der Waals surface area contributed by atoms with E-state index in [0.717, 1.165) is 29.7 Å². The van der Waals surface area contributed by atoms with Gasteiger partial charge in [0.1, 0.15) is 5.75 Å². The average molecular weight is 390 g/mol. The lowest BCUT2D eigenvalue weighted by Crippen LogP contribution is -2.44. The van der Waals surface area contributed by atoms with E-state index in [9.17, 15) is 9.59 Å². The highest BCUT2D eigenvalue weighted by Gasteiger charge is 2.24. The Morgan fingerprint density at radius 3 is 2.72 bits per heavy atom. The maximum atomic E-state index is 12.4. The van der Waals surface area contributed by atoms with Crippen molar-refractivity contribution in [1.82, 2.24) is 15.5 Å². The summed E-state index contributed by atoms with van der Waals surface area (Å²) < 4.78 is 5.87. The molecule has 2 aromatic carbocycles. The van der Waals surface area contributed by atoms with Gasteiger partial charge in [-0.1, -0.05) is 29.8 Å². The lowest BCUT2D eigenvalue weighted by atomic mass is 9.93. The molecule has 29 heavy (non-hydrogen) atoms. The topological polar surface area (TPSA) is 96.1 Å². The number of aryl methyl sites for hydroxylation is 2. The van der Waals surface area contributed by atoms with Crippen molar-refractivity contribution in [3.8, 4) is 11.5 Å². The fourth-order valence-corrected chi connectivity index (χ4v) is 3.36. The summed E-state index contributed by atoms with van der Waals surface area (Å²) in [5.74, 6) is -0.256. The Morgan fingerprint density at radius 1 is 1.10 bits per heavy atom. The third-order valence-electron chi connectivity index (χ3n) is 4.94. The summed E-state index contributed by atoms with van der Waals surface area (Å²) in [5.41, 5.74) is 3.75. The van der Waals surface area contributed by atoms with Gasteiger partial charge < -0.3 is 15.4 Å². The number of hydrogen-bond acceptors (Lipinski definition) is 4. The zero-order valence-corrected chi connectivity index (χ0v) is 16.1. The van der Waals surface area contributed by atoms with E-state index in [-0.39, 0.29) is 6.04 Å². The molecule has 1 aliphatic rings. The number of nitrogens with zero attached hydrogens (tertiary/aromatic N) is 1. The highest BCUT2D eigenvalue weighted by Crippen LogP contribution is 2.29. The molecule has 0 aliphatic heterocycles. The Hall–Kier alpha value is -3.61. The quantitative estimate of drug-likeness (QED) is 0.597. The van der Waals surface area contributed by atoms with Gasteiger partial charge in [-0.05, 0) is 56.0 Å². The lowest BCUT2D eigenvalue weighted by molar-refractivity contribution is -0.136. The molecule has 7 heteroatoms. The van der Waals surface area contributed by atoms with E-state index in [1.807, 2.05) is 37.3 Å². The van der Waals surface area contributed by atoms with Crippen LogP contribution >= 0.6 is 0 Å². The summed E-state index contributed by atoms with van der Waals surface area (Å²) in [7, 11) is 0. The van der Waals surface area contributed by atoms with Gasteiger partial charge >= 0.3 is 11.8 Å². The van der Waals surface area contributed by atoms with Crippen LogP contribution in [0.5, 0.6) is 11.5 Å². The van der Waals surface area contributed by atoms with Crippen LogP contribution in [0, 0.1) is 6.92 Å². The second kappa shape index (κ2) is 8.18. The monoisotopic (exact) mass is 390 g/mol. The smallest absolute Gasteiger partial charge is 0.313 e. The normalized spacial score (nSPS) is 15.3. The van der Waals surface area contributed by atoms with Crippen LogP contribution in [-0.2, 0) is 22.4 Å². The van der Waals surface area contributed by atoms with Gasteiger partial charge in [0.2, 0.25) is 0 Å². The van der Waals surface area contributed by atoms with E-state index in [2.05, 4.69) is 20.8 Å². The molecule has 7 nitrogen and oxygen atoms in total. The number of fused-ring (bicyclic) bond motifs is 1. The Kier molecular flexibility index (Phi) is 5.29. The fraction of sp³-hybridized carbons (Fsp3) is 0.227. The van der Waals surface area contributed by atoms with Crippen molar-refractivity contribution >= 4 is 17.5 Å². The van der Waals surface area contributed by atoms with Gasteiger partial charge in [0.25, 0.3) is 0 Å². The molecule has 0 fully saturated rings. The van der Waals surface area contributed by atoms with Gasteiger partial charge in [-0.3, -0.25) is 14.7 Å². The number of aromatic amines is 1. The minimum Gasteiger partial charge on any atom is -0.455 e. The Bertz CT molecular complexity index is 1030. The third kappa shape index (κ3) is 4.45. The van der Waals surface area contributed by atoms with Gasteiger partial charge in [0.05, 0.1) is 11.9 Å². The van der Waals surface area contributed by atoms with Crippen LogP contribution in [0.4, 0.5) is 5.69 Å². The Morgan fingerprint density at radius 2 is 1.90 bits per heavy atom. The molecule has 148 valence electrons. The fourth-order valence-electron chi connectivity index (χ4n) is 3.36. The largest absolute Gasteiger partial charge is 0.455 e. The zero-order chi connectivity index (χ0) is 20.2. The van der Waals surface area contributed by atoms with Crippen molar-refractivity contribution in [2.45, 2.75) is 32.2 Å². The van der Waals surface area contributed by atoms with E-state index in [0.29, 0.717) is 23.6 Å². The molecule has 1 heterocycles. The molecular weight excluding hydrogens is 368 g/mol. The number of amides is 2. The number of H-pyrrole nitrogens is 1. The predicted octanol–water partition coefficient (Wildman–Crippen LogP) is 3.12. The molecule has 3 N–H and O–H groups in total. The van der Waals surface area contributed by atoms with Crippen LogP contribution in [0.25, 0.3) is 0 Å². The molecule has 4 rings (SSSR count). The summed E-state index contributed by atoms with van der Waals surface area (Å²) in [5, 5.41) is 12.4. The van der Waals surface area contributed by atoms with Gasteiger partial charge in [-0.2, -0.15) is 5.10 Å². The van der Waals surface area contributed by atoms with Crippen LogP contribution in [-0.4, -0.2) is 28.1 Å². The predicted molar refractivity (Wildman–Crippen MR) is 109 cm³/mol. The lowest BCUT2D eigenvalue weighted by Gasteiger charge is -2.22. The van der Waals surface area contributed by atoms with Crippen LogP contribution in [0.1, 0.15) is 23.2 Å². The van der Waals surface area contributed by atoms with E-state index in [4.69, 9.17) is 4.74 Å². The van der Waals surface area contributed by atoms with Gasteiger partial charge in [-0.25, -0.2) is 0 Å². The van der Waals surface area contributed by atoms with Crippen molar-refractivity contribution in [3.05, 3.63) is 71.5 Å². The molecule has 1 aliphatic carbocycles. The number of carbonyl (C=O) groups excluding carboxylic acids is 2.